The van der Waals surface area contributed by atoms with Crippen molar-refractivity contribution in [3.63, 3.8) is 0 Å². The maximum absolute atomic E-state index is 13.9. The second kappa shape index (κ2) is 7.84. The summed E-state index contributed by atoms with van der Waals surface area (Å²) in [5, 5.41) is 12.1. The van der Waals surface area contributed by atoms with Gasteiger partial charge >= 0.3 is 5.97 Å². The summed E-state index contributed by atoms with van der Waals surface area (Å²) in [6.07, 6.45) is 1.25. The number of hydrogen-bond acceptors (Lipinski definition) is 2. The van der Waals surface area contributed by atoms with Crippen LogP contribution in [0, 0.1) is 17.7 Å². The van der Waals surface area contributed by atoms with E-state index in [-0.39, 0.29) is 11.5 Å². The van der Waals surface area contributed by atoms with E-state index >= 15 is 0 Å². The third kappa shape index (κ3) is 4.23. The molecule has 0 spiro atoms. The second-order valence-corrected chi connectivity index (χ2v) is 7.26. The van der Waals surface area contributed by atoms with Gasteiger partial charge in [-0.3, -0.25) is 4.79 Å². The van der Waals surface area contributed by atoms with Crippen LogP contribution in [0.5, 0.6) is 0 Å². The summed E-state index contributed by atoms with van der Waals surface area (Å²) >= 11 is 0. The zero-order valence-electron chi connectivity index (χ0n) is 16.0. The molecule has 3 aromatic carbocycles. The highest BCUT2D eigenvalue weighted by atomic mass is 19.1. The Balaban J connectivity index is 1.49. The van der Waals surface area contributed by atoms with Crippen LogP contribution in [0.3, 0.4) is 0 Å². The van der Waals surface area contributed by atoms with Crippen LogP contribution in [0.25, 0.3) is 0 Å². The number of hydrogen-bond donors (Lipinski definition) is 2. The predicted molar refractivity (Wildman–Crippen MR) is 111 cm³/mol. The highest BCUT2D eigenvalue weighted by Gasteiger charge is 2.46. The molecule has 0 aromatic heterocycles. The molecule has 4 nitrogen and oxygen atoms in total. The van der Waals surface area contributed by atoms with Crippen molar-refractivity contribution in [1.82, 2.24) is 5.32 Å². The summed E-state index contributed by atoms with van der Waals surface area (Å²) in [5.41, 5.74) is 1.76. The fourth-order valence-corrected chi connectivity index (χ4v) is 3.26. The molecule has 0 aliphatic heterocycles. The number of carbonyl (C=O) groups is 2. The molecular formula is C25H18FNO3. The van der Waals surface area contributed by atoms with Gasteiger partial charge in [-0.2, -0.15) is 0 Å². The zero-order valence-corrected chi connectivity index (χ0v) is 16.0. The quantitative estimate of drug-likeness (QED) is 0.642. The summed E-state index contributed by atoms with van der Waals surface area (Å²) in [5.74, 6) is 3.99. The molecule has 30 heavy (non-hydrogen) atoms. The largest absolute Gasteiger partial charge is 0.478 e. The van der Waals surface area contributed by atoms with Crippen LogP contribution < -0.4 is 5.32 Å². The fourth-order valence-electron chi connectivity index (χ4n) is 3.26. The Morgan fingerprint density at radius 2 is 1.50 bits per heavy atom. The van der Waals surface area contributed by atoms with Crippen LogP contribution >= 0.6 is 0 Å². The average molecular weight is 399 g/mol. The summed E-state index contributed by atoms with van der Waals surface area (Å²) < 4.78 is 13.9. The van der Waals surface area contributed by atoms with Crippen LogP contribution in [0.4, 0.5) is 4.39 Å². The molecule has 1 saturated carbocycles. The van der Waals surface area contributed by atoms with Crippen molar-refractivity contribution in [3.8, 4) is 11.8 Å². The fraction of sp³-hybridized carbons (Fsp3) is 0.120. The van der Waals surface area contributed by atoms with Gasteiger partial charge in [-0.25, -0.2) is 9.18 Å². The number of nitrogens with one attached hydrogen (secondary N) is 1. The maximum atomic E-state index is 13.9. The third-order valence-electron chi connectivity index (χ3n) is 5.07. The molecular weight excluding hydrogens is 381 g/mol. The van der Waals surface area contributed by atoms with E-state index in [4.69, 9.17) is 5.11 Å². The van der Waals surface area contributed by atoms with Crippen molar-refractivity contribution in [1.29, 1.82) is 0 Å². The monoisotopic (exact) mass is 399 g/mol. The Morgan fingerprint density at radius 1 is 0.867 bits per heavy atom. The number of carboxylic acids is 1. The van der Waals surface area contributed by atoms with Gasteiger partial charge in [-0.15, -0.1) is 0 Å². The molecule has 0 heterocycles. The molecule has 4 rings (SSSR count). The summed E-state index contributed by atoms with van der Waals surface area (Å²) in [6.45, 7) is 0. The topological polar surface area (TPSA) is 66.4 Å². The van der Waals surface area contributed by atoms with Gasteiger partial charge in [0.2, 0.25) is 0 Å². The van der Waals surface area contributed by atoms with Gasteiger partial charge in [-0.05, 0) is 73.0 Å². The van der Waals surface area contributed by atoms with Gasteiger partial charge in [0.25, 0.3) is 5.91 Å². The lowest BCUT2D eigenvalue weighted by molar-refractivity contribution is 0.0696. The molecule has 1 aliphatic rings. The van der Waals surface area contributed by atoms with Crippen molar-refractivity contribution < 1.29 is 19.1 Å². The smallest absolute Gasteiger partial charge is 0.335 e. The molecule has 0 atom stereocenters. The summed E-state index contributed by atoms with van der Waals surface area (Å²) in [7, 11) is 0. The highest BCUT2D eigenvalue weighted by Crippen LogP contribution is 2.46. The number of halogens is 1. The number of rotatable bonds is 4. The molecule has 3 aromatic rings. The van der Waals surface area contributed by atoms with E-state index in [1.807, 2.05) is 30.3 Å². The normalized spacial score (nSPS) is 13.6. The van der Waals surface area contributed by atoms with Crippen molar-refractivity contribution in [3.05, 3.63) is 106 Å². The zero-order chi connectivity index (χ0) is 21.1. The first-order valence-corrected chi connectivity index (χ1v) is 9.49. The summed E-state index contributed by atoms with van der Waals surface area (Å²) in [4.78, 5) is 23.9. The minimum absolute atomic E-state index is 0.133. The Labute approximate surface area is 173 Å². The lowest BCUT2D eigenvalue weighted by Crippen LogP contribution is -2.35. The SMILES string of the molecule is O=C(O)c1cc(F)cc(C2(NC(=O)c3ccc(C#Cc4ccccc4)cc3)CC2)c1. The number of carbonyl (C=O) groups excluding carboxylic acids is 1. The van der Waals surface area contributed by atoms with Crippen LogP contribution in [-0.2, 0) is 5.54 Å². The van der Waals surface area contributed by atoms with Crippen molar-refractivity contribution in [2.75, 3.05) is 0 Å². The van der Waals surface area contributed by atoms with Gasteiger partial charge in [0.15, 0.2) is 0 Å². The first-order valence-electron chi connectivity index (χ1n) is 9.49. The molecule has 0 unspecified atom stereocenters. The van der Waals surface area contributed by atoms with Crippen molar-refractivity contribution >= 4 is 11.9 Å². The van der Waals surface area contributed by atoms with E-state index in [1.54, 1.807) is 24.3 Å². The van der Waals surface area contributed by atoms with Gasteiger partial charge in [0.1, 0.15) is 5.82 Å². The molecule has 0 saturated heterocycles. The van der Waals surface area contributed by atoms with Crippen molar-refractivity contribution in [2.45, 2.75) is 18.4 Å². The molecule has 0 radical (unpaired) electrons. The van der Waals surface area contributed by atoms with Gasteiger partial charge < -0.3 is 10.4 Å². The minimum Gasteiger partial charge on any atom is -0.478 e. The van der Waals surface area contributed by atoms with Crippen molar-refractivity contribution in [2.24, 2.45) is 0 Å². The van der Waals surface area contributed by atoms with Gasteiger partial charge in [0.05, 0.1) is 11.1 Å². The number of aromatic carboxylic acids is 1. The standard InChI is InChI=1S/C25H18FNO3/c26-22-15-20(24(29)30)14-21(16-22)25(12-13-25)27-23(28)19-10-8-18(9-11-19)7-6-17-4-2-1-3-5-17/h1-5,8-11,14-16H,12-13H2,(H,27,28)(H,29,30). The maximum Gasteiger partial charge on any atom is 0.335 e. The molecule has 148 valence electrons. The van der Waals surface area contributed by atoms with E-state index in [0.717, 1.165) is 17.2 Å². The van der Waals surface area contributed by atoms with Crippen LogP contribution in [0.15, 0.2) is 72.8 Å². The predicted octanol–water partition coefficient (Wildman–Crippen LogP) is 4.34. The molecule has 0 bridgehead atoms. The Kier molecular flexibility index (Phi) is 5.07. The molecule has 1 fully saturated rings. The van der Waals surface area contributed by atoms with Gasteiger partial charge in [-0.1, -0.05) is 30.0 Å². The third-order valence-corrected chi connectivity index (χ3v) is 5.07. The number of benzene rings is 3. The lowest BCUT2D eigenvalue weighted by Gasteiger charge is -2.19. The molecule has 2 N–H and O–H groups in total. The van der Waals surface area contributed by atoms with Gasteiger partial charge in [0, 0.05) is 16.7 Å². The molecule has 1 amide bonds. The number of amides is 1. The average Bonchev–Trinajstić information content (AvgIpc) is 3.53. The molecule has 1 aliphatic carbocycles. The Morgan fingerprint density at radius 3 is 2.10 bits per heavy atom. The summed E-state index contributed by atoms with van der Waals surface area (Å²) in [6, 6.07) is 20.2. The van der Waals surface area contributed by atoms with E-state index in [9.17, 15) is 14.0 Å². The molecule has 5 heteroatoms. The first kappa shape index (κ1) is 19.4. The minimum atomic E-state index is -1.20. The lowest BCUT2D eigenvalue weighted by atomic mass is 10.0. The van der Waals surface area contributed by atoms with Crippen LogP contribution in [0.2, 0.25) is 0 Å². The Bertz CT molecular complexity index is 1170. The van der Waals surface area contributed by atoms with Crippen LogP contribution in [0.1, 0.15) is 50.2 Å². The van der Waals surface area contributed by atoms with E-state index in [0.29, 0.717) is 24.0 Å². The van der Waals surface area contributed by atoms with E-state index in [2.05, 4.69) is 17.2 Å². The first-order chi connectivity index (χ1) is 14.4. The Hall–Kier alpha value is -3.91. The van der Waals surface area contributed by atoms with E-state index in [1.165, 1.54) is 12.1 Å². The van der Waals surface area contributed by atoms with Crippen LogP contribution in [-0.4, -0.2) is 17.0 Å². The highest BCUT2D eigenvalue weighted by molar-refractivity contribution is 5.95. The second-order valence-electron chi connectivity index (χ2n) is 7.26. The number of carboxylic acid groups (broad SMARTS) is 1. The van der Waals surface area contributed by atoms with E-state index < -0.39 is 17.3 Å².